The molecule has 0 N–H and O–H groups in total. The minimum Gasteiger partial charge on any atom is -0.206 e. The first kappa shape index (κ1) is 19.5. The van der Waals surface area contributed by atoms with E-state index in [9.17, 15) is 4.39 Å². The van der Waals surface area contributed by atoms with Crippen molar-refractivity contribution in [3.8, 4) is 23.7 Å². The molecule has 0 fully saturated rings. The van der Waals surface area contributed by atoms with Gasteiger partial charge >= 0.3 is 0 Å². The lowest BCUT2D eigenvalue weighted by molar-refractivity contribution is 0.624. The molecule has 0 aliphatic heterocycles. The summed E-state index contributed by atoms with van der Waals surface area (Å²) in [5.74, 6) is 11.8. The number of hydrogen-bond acceptors (Lipinski definition) is 0. The van der Waals surface area contributed by atoms with Gasteiger partial charge in [-0.1, -0.05) is 65.3 Å². The van der Waals surface area contributed by atoms with Gasteiger partial charge in [-0.3, -0.25) is 0 Å². The van der Waals surface area contributed by atoms with Gasteiger partial charge in [-0.2, -0.15) is 0 Å². The molecule has 0 aliphatic carbocycles. The van der Waals surface area contributed by atoms with Crippen molar-refractivity contribution in [1.82, 2.24) is 0 Å². The Labute approximate surface area is 168 Å². The van der Waals surface area contributed by atoms with Crippen LogP contribution >= 0.6 is 0 Å². The van der Waals surface area contributed by atoms with Crippen LogP contribution in [0.1, 0.15) is 38.9 Å². The second-order valence-corrected chi connectivity index (χ2v) is 6.87. The van der Waals surface area contributed by atoms with Crippen LogP contribution in [0, 0.1) is 50.3 Å². The van der Waals surface area contributed by atoms with Crippen LogP contribution in [0.2, 0.25) is 6.82 Å². The predicted octanol–water partition coefficient (Wildman–Crippen LogP) is 4.93. The molecule has 0 unspecified atom stereocenters. The Balaban J connectivity index is 1.84. The molecule has 0 amide bonds. The van der Waals surface area contributed by atoms with E-state index in [-0.39, 0.29) is 5.82 Å². The van der Waals surface area contributed by atoms with Gasteiger partial charge in [0.15, 0.2) is 0 Å². The normalized spacial score (nSPS) is 9.75. The summed E-state index contributed by atoms with van der Waals surface area (Å²) in [6.07, 6.45) is 0. The van der Waals surface area contributed by atoms with Crippen molar-refractivity contribution in [2.45, 2.75) is 27.6 Å². The molecule has 2 heteroatoms. The van der Waals surface area contributed by atoms with E-state index in [1.807, 2.05) is 51.0 Å². The second-order valence-electron chi connectivity index (χ2n) is 6.87. The highest BCUT2D eigenvalue weighted by Crippen LogP contribution is 2.11. The fourth-order valence-corrected chi connectivity index (χ4v) is 2.89. The summed E-state index contributed by atoms with van der Waals surface area (Å²) in [7, 11) is 2.09. The summed E-state index contributed by atoms with van der Waals surface area (Å²) >= 11 is 0. The predicted molar refractivity (Wildman–Crippen MR) is 117 cm³/mol. The minimum atomic E-state index is -0.352. The standard InChI is InChI=1S/C26H21BF/c1-18-5-7-21(8-6-18)9-12-23-13-10-22(17-26(23)28)11-14-24-15-20(3)25(27-4)16-19(24)2/h5-8,10,13,15-17H,1-4H3. The smallest absolute Gasteiger partial charge is 0.148 e. The van der Waals surface area contributed by atoms with E-state index >= 15 is 0 Å². The first-order valence-corrected chi connectivity index (χ1v) is 9.27. The summed E-state index contributed by atoms with van der Waals surface area (Å²) in [5.41, 5.74) is 7.54. The van der Waals surface area contributed by atoms with E-state index in [1.165, 1.54) is 22.7 Å². The van der Waals surface area contributed by atoms with Crippen molar-refractivity contribution in [2.75, 3.05) is 0 Å². The number of benzene rings is 3. The van der Waals surface area contributed by atoms with E-state index in [1.54, 1.807) is 6.07 Å². The lowest BCUT2D eigenvalue weighted by atomic mass is 9.70. The molecule has 0 spiro atoms. The third kappa shape index (κ3) is 4.73. The van der Waals surface area contributed by atoms with Gasteiger partial charge in [0.1, 0.15) is 13.1 Å². The Bertz CT molecular complexity index is 1130. The third-order valence-electron chi connectivity index (χ3n) is 4.63. The number of rotatable bonds is 1. The molecule has 135 valence electrons. The second kappa shape index (κ2) is 8.64. The highest BCUT2D eigenvalue weighted by molar-refractivity contribution is 6.52. The van der Waals surface area contributed by atoms with Gasteiger partial charge in [0.05, 0.1) is 5.56 Å². The lowest BCUT2D eigenvalue weighted by Gasteiger charge is -2.06. The van der Waals surface area contributed by atoms with Crippen molar-refractivity contribution in [1.29, 1.82) is 0 Å². The zero-order valence-electron chi connectivity index (χ0n) is 16.7. The van der Waals surface area contributed by atoms with E-state index in [4.69, 9.17) is 0 Å². The van der Waals surface area contributed by atoms with Gasteiger partial charge in [-0.15, -0.1) is 0 Å². The highest BCUT2D eigenvalue weighted by Gasteiger charge is 2.03. The van der Waals surface area contributed by atoms with Crippen molar-refractivity contribution in [3.05, 3.63) is 99.4 Å². The maximum absolute atomic E-state index is 14.4. The lowest BCUT2D eigenvalue weighted by Crippen LogP contribution is -2.15. The zero-order chi connectivity index (χ0) is 20.1. The van der Waals surface area contributed by atoms with Crippen LogP contribution in [0.25, 0.3) is 0 Å². The van der Waals surface area contributed by atoms with Gasteiger partial charge in [0.2, 0.25) is 0 Å². The topological polar surface area (TPSA) is 0 Å². The molecular formula is C26H21BF. The van der Waals surface area contributed by atoms with Crippen LogP contribution in [-0.4, -0.2) is 7.28 Å². The van der Waals surface area contributed by atoms with Crippen LogP contribution in [0.15, 0.2) is 54.6 Å². The van der Waals surface area contributed by atoms with Crippen molar-refractivity contribution >= 4 is 12.7 Å². The maximum atomic E-state index is 14.4. The molecule has 0 saturated carbocycles. The van der Waals surface area contributed by atoms with Gasteiger partial charge < -0.3 is 0 Å². The summed E-state index contributed by atoms with van der Waals surface area (Å²) in [4.78, 5) is 0. The summed E-state index contributed by atoms with van der Waals surface area (Å²) in [6, 6.07) is 17.0. The molecule has 3 rings (SSSR count). The Kier molecular flexibility index (Phi) is 6.03. The highest BCUT2D eigenvalue weighted by atomic mass is 19.1. The average molecular weight is 363 g/mol. The van der Waals surface area contributed by atoms with Crippen molar-refractivity contribution in [2.24, 2.45) is 0 Å². The number of hydrogen-bond donors (Lipinski definition) is 0. The molecule has 3 aromatic rings. The summed E-state index contributed by atoms with van der Waals surface area (Å²) in [5, 5.41) is 0. The van der Waals surface area contributed by atoms with E-state index in [0.29, 0.717) is 11.1 Å². The molecule has 0 saturated heterocycles. The summed E-state index contributed by atoms with van der Waals surface area (Å²) < 4.78 is 14.4. The fourth-order valence-electron chi connectivity index (χ4n) is 2.89. The zero-order valence-corrected chi connectivity index (χ0v) is 16.7. The van der Waals surface area contributed by atoms with Gasteiger partial charge in [0.25, 0.3) is 0 Å². The fraction of sp³-hybridized carbons (Fsp3) is 0.154. The monoisotopic (exact) mass is 363 g/mol. The molecule has 0 heterocycles. The Morgan fingerprint density at radius 3 is 2.00 bits per heavy atom. The largest absolute Gasteiger partial charge is 0.206 e. The van der Waals surface area contributed by atoms with E-state index < -0.39 is 0 Å². The van der Waals surface area contributed by atoms with Crippen molar-refractivity contribution in [3.63, 3.8) is 0 Å². The van der Waals surface area contributed by atoms with Crippen LogP contribution in [0.3, 0.4) is 0 Å². The van der Waals surface area contributed by atoms with Crippen LogP contribution in [0.4, 0.5) is 4.39 Å². The molecule has 0 atom stereocenters. The molecule has 0 aliphatic rings. The molecule has 0 nitrogen and oxygen atoms in total. The maximum Gasteiger partial charge on any atom is 0.148 e. The summed E-state index contributed by atoms with van der Waals surface area (Å²) in [6.45, 7) is 8.16. The molecule has 0 aromatic heterocycles. The molecule has 28 heavy (non-hydrogen) atoms. The van der Waals surface area contributed by atoms with Gasteiger partial charge in [0, 0.05) is 16.7 Å². The number of halogens is 1. The first-order chi connectivity index (χ1) is 13.5. The quantitative estimate of drug-likeness (QED) is 0.425. The number of aryl methyl sites for hydroxylation is 3. The Hall–Kier alpha value is -3.23. The third-order valence-corrected chi connectivity index (χ3v) is 4.63. The van der Waals surface area contributed by atoms with Crippen LogP contribution in [-0.2, 0) is 0 Å². The minimum absolute atomic E-state index is 0.352. The molecule has 3 aromatic carbocycles. The Morgan fingerprint density at radius 2 is 1.32 bits per heavy atom. The average Bonchev–Trinajstić information content (AvgIpc) is 2.68. The first-order valence-electron chi connectivity index (χ1n) is 9.27. The van der Waals surface area contributed by atoms with Crippen LogP contribution in [0.5, 0.6) is 0 Å². The van der Waals surface area contributed by atoms with E-state index in [0.717, 1.165) is 16.7 Å². The van der Waals surface area contributed by atoms with Gasteiger partial charge in [-0.25, -0.2) is 4.39 Å². The van der Waals surface area contributed by atoms with E-state index in [2.05, 4.69) is 50.0 Å². The van der Waals surface area contributed by atoms with Gasteiger partial charge in [-0.05, 0) is 62.7 Å². The molecule has 0 bridgehead atoms. The van der Waals surface area contributed by atoms with Crippen molar-refractivity contribution < 1.29 is 4.39 Å². The van der Waals surface area contributed by atoms with Crippen LogP contribution < -0.4 is 5.46 Å². The molecule has 1 radical (unpaired) electrons. The SMILES string of the molecule is C[B]c1cc(C)c(C#Cc2ccc(C#Cc3ccc(C)cc3)c(F)c2)cc1C. The Morgan fingerprint density at radius 1 is 0.679 bits per heavy atom. The molecular weight excluding hydrogens is 342 g/mol.